The zero-order valence-corrected chi connectivity index (χ0v) is 17.1. The van der Waals surface area contributed by atoms with E-state index in [9.17, 15) is 18.7 Å². The van der Waals surface area contributed by atoms with Gasteiger partial charge in [0.1, 0.15) is 5.60 Å². The molecule has 2 aliphatic rings. The number of carbonyl (C=O) groups is 1. The van der Waals surface area contributed by atoms with Crippen LogP contribution in [-0.4, -0.2) is 54.1 Å². The average molecular weight is 413 g/mol. The Morgan fingerprint density at radius 2 is 2.00 bits per heavy atom. The van der Waals surface area contributed by atoms with Gasteiger partial charge in [-0.25, -0.2) is 4.79 Å². The van der Waals surface area contributed by atoms with Gasteiger partial charge in [-0.1, -0.05) is 6.07 Å². The van der Waals surface area contributed by atoms with E-state index in [0.29, 0.717) is 25.5 Å². The van der Waals surface area contributed by atoms with Gasteiger partial charge in [-0.2, -0.15) is 8.78 Å². The molecule has 1 aliphatic heterocycles. The molecule has 3 rings (SSSR count). The van der Waals surface area contributed by atoms with E-state index >= 15 is 0 Å². The van der Waals surface area contributed by atoms with Gasteiger partial charge < -0.3 is 24.2 Å². The number of likely N-dealkylation sites (tertiary alicyclic amines) is 1. The number of halogens is 2. The molecule has 1 saturated carbocycles. The summed E-state index contributed by atoms with van der Waals surface area (Å²) in [5.74, 6) is 0.686. The van der Waals surface area contributed by atoms with Crippen LogP contribution in [0.2, 0.25) is 0 Å². The number of hydrogen-bond donors (Lipinski definition) is 1. The quantitative estimate of drug-likeness (QED) is 0.727. The minimum atomic E-state index is -2.93. The van der Waals surface area contributed by atoms with E-state index in [1.165, 1.54) is 11.0 Å². The highest BCUT2D eigenvalue weighted by Gasteiger charge is 2.38. The van der Waals surface area contributed by atoms with Crippen molar-refractivity contribution in [3.05, 3.63) is 23.8 Å². The summed E-state index contributed by atoms with van der Waals surface area (Å²) in [6.07, 6.45) is 2.24. The maximum atomic E-state index is 12.7. The van der Waals surface area contributed by atoms with Crippen molar-refractivity contribution in [2.24, 2.45) is 5.92 Å². The summed E-state index contributed by atoms with van der Waals surface area (Å²) in [6.45, 7) is 3.10. The van der Waals surface area contributed by atoms with Gasteiger partial charge in [-0.15, -0.1) is 0 Å². The number of ether oxygens (including phenoxy) is 3. The van der Waals surface area contributed by atoms with Crippen LogP contribution in [0.5, 0.6) is 11.5 Å². The molecule has 1 amide bonds. The summed E-state index contributed by atoms with van der Waals surface area (Å²) in [7, 11) is 0. The third-order valence-electron chi connectivity index (χ3n) is 5.08. The van der Waals surface area contributed by atoms with Crippen molar-refractivity contribution < 1.29 is 32.9 Å². The zero-order valence-electron chi connectivity index (χ0n) is 17.1. The predicted molar refractivity (Wildman–Crippen MR) is 102 cm³/mol. The summed E-state index contributed by atoms with van der Waals surface area (Å²) >= 11 is 0. The van der Waals surface area contributed by atoms with Crippen molar-refractivity contribution in [3.63, 3.8) is 0 Å². The van der Waals surface area contributed by atoms with E-state index in [4.69, 9.17) is 9.47 Å². The van der Waals surface area contributed by atoms with Crippen molar-refractivity contribution in [3.8, 4) is 11.5 Å². The van der Waals surface area contributed by atoms with Crippen molar-refractivity contribution in [1.82, 2.24) is 4.90 Å². The number of rotatable bonds is 7. The first-order chi connectivity index (χ1) is 13.7. The predicted octanol–water partition coefficient (Wildman–Crippen LogP) is 4.16. The van der Waals surface area contributed by atoms with Crippen LogP contribution in [0, 0.1) is 5.92 Å². The van der Waals surface area contributed by atoms with Crippen molar-refractivity contribution >= 4 is 6.09 Å². The normalized spacial score (nSPS) is 22.1. The van der Waals surface area contributed by atoms with Crippen molar-refractivity contribution in [2.45, 2.75) is 64.2 Å². The molecule has 2 unspecified atom stereocenters. The van der Waals surface area contributed by atoms with Gasteiger partial charge in [0.15, 0.2) is 11.5 Å². The van der Waals surface area contributed by atoms with E-state index in [-0.39, 0.29) is 30.1 Å². The lowest BCUT2D eigenvalue weighted by Crippen LogP contribution is -2.41. The number of hydrogen-bond acceptors (Lipinski definition) is 5. The molecule has 2 atom stereocenters. The Hall–Kier alpha value is -2.09. The molecule has 1 N–H and O–H groups in total. The first kappa shape index (κ1) is 21.6. The highest BCUT2D eigenvalue weighted by atomic mass is 19.3. The van der Waals surface area contributed by atoms with Gasteiger partial charge in [-0.05, 0) is 63.6 Å². The number of alkyl halides is 2. The smallest absolute Gasteiger partial charge is 0.410 e. The standard InChI is InChI=1S/C21H29F2NO5/c1-21(2,3)29-20(26)24-10-15(8-16(24)11-25)14-6-7-17(28-19(22)23)18(9-14)27-12-13-4-5-13/h6-7,9,13,15-16,19,25H,4-5,8,10-12H2,1-3H3. The maximum absolute atomic E-state index is 12.7. The highest BCUT2D eigenvalue weighted by Crippen LogP contribution is 2.39. The fraction of sp³-hybridized carbons (Fsp3) is 0.667. The Kier molecular flexibility index (Phi) is 6.51. The number of amides is 1. The molecule has 0 aromatic heterocycles. The number of aliphatic hydroxyl groups is 1. The summed E-state index contributed by atoms with van der Waals surface area (Å²) in [5.41, 5.74) is 0.217. The third-order valence-corrected chi connectivity index (χ3v) is 5.08. The number of aliphatic hydroxyl groups excluding tert-OH is 1. The molecule has 1 aromatic carbocycles. The first-order valence-corrected chi connectivity index (χ1v) is 9.98. The SMILES string of the molecule is CC(C)(C)OC(=O)N1CC(c2ccc(OC(F)F)c(OCC3CC3)c2)CC1CO. The molecule has 0 spiro atoms. The Labute approximate surface area is 169 Å². The highest BCUT2D eigenvalue weighted by molar-refractivity contribution is 5.69. The molecule has 8 heteroatoms. The van der Waals surface area contributed by atoms with Crippen LogP contribution in [0.25, 0.3) is 0 Å². The monoisotopic (exact) mass is 413 g/mol. The van der Waals surface area contributed by atoms with Gasteiger partial charge in [0.25, 0.3) is 0 Å². The Bertz CT molecular complexity index is 718. The van der Waals surface area contributed by atoms with Crippen LogP contribution >= 0.6 is 0 Å². The second-order valence-corrected chi connectivity index (χ2v) is 8.74. The summed E-state index contributed by atoms with van der Waals surface area (Å²) in [6, 6.07) is 4.54. The fourth-order valence-electron chi connectivity index (χ4n) is 3.45. The van der Waals surface area contributed by atoms with Crippen molar-refractivity contribution in [2.75, 3.05) is 19.8 Å². The van der Waals surface area contributed by atoms with E-state index in [0.717, 1.165) is 18.4 Å². The van der Waals surface area contributed by atoms with Crippen LogP contribution in [0.4, 0.5) is 13.6 Å². The first-order valence-electron chi connectivity index (χ1n) is 9.98. The maximum Gasteiger partial charge on any atom is 0.410 e. The van der Waals surface area contributed by atoms with E-state index < -0.39 is 18.3 Å². The molecular formula is C21H29F2NO5. The minimum Gasteiger partial charge on any atom is -0.489 e. The molecule has 1 aromatic rings. The van der Waals surface area contributed by atoms with Gasteiger partial charge in [-0.3, -0.25) is 0 Å². The summed E-state index contributed by atoms with van der Waals surface area (Å²) in [4.78, 5) is 14.0. The molecular weight excluding hydrogens is 384 g/mol. The Morgan fingerprint density at radius 1 is 1.28 bits per heavy atom. The largest absolute Gasteiger partial charge is 0.489 e. The number of nitrogens with zero attached hydrogens (tertiary/aromatic N) is 1. The molecule has 0 radical (unpaired) electrons. The molecule has 1 aliphatic carbocycles. The Morgan fingerprint density at radius 3 is 2.59 bits per heavy atom. The zero-order chi connectivity index (χ0) is 21.2. The molecule has 29 heavy (non-hydrogen) atoms. The molecule has 1 saturated heterocycles. The van der Waals surface area contributed by atoms with Crippen molar-refractivity contribution in [1.29, 1.82) is 0 Å². The summed E-state index contributed by atoms with van der Waals surface area (Å²) in [5, 5.41) is 9.72. The topological polar surface area (TPSA) is 68.2 Å². The molecule has 1 heterocycles. The van der Waals surface area contributed by atoms with Crippen LogP contribution in [0.1, 0.15) is 51.5 Å². The fourth-order valence-corrected chi connectivity index (χ4v) is 3.45. The van der Waals surface area contributed by atoms with E-state index in [1.54, 1.807) is 32.9 Å². The minimum absolute atomic E-state index is 0.00473. The second-order valence-electron chi connectivity index (χ2n) is 8.74. The molecule has 6 nitrogen and oxygen atoms in total. The van der Waals surface area contributed by atoms with Crippen LogP contribution in [0.3, 0.4) is 0 Å². The average Bonchev–Trinajstić information content (AvgIpc) is 3.35. The van der Waals surface area contributed by atoms with Gasteiger partial charge in [0.05, 0.1) is 19.3 Å². The molecule has 2 fully saturated rings. The molecule has 0 bridgehead atoms. The van der Waals surface area contributed by atoms with Crippen LogP contribution < -0.4 is 9.47 Å². The lowest BCUT2D eigenvalue weighted by molar-refractivity contribution is -0.0515. The third kappa shape index (κ3) is 5.95. The number of carbonyl (C=O) groups excluding carboxylic acids is 1. The Balaban J connectivity index is 1.76. The van der Waals surface area contributed by atoms with Crippen LogP contribution in [-0.2, 0) is 4.74 Å². The molecule has 162 valence electrons. The lowest BCUT2D eigenvalue weighted by atomic mass is 9.96. The van der Waals surface area contributed by atoms with E-state index in [1.807, 2.05) is 0 Å². The van der Waals surface area contributed by atoms with Crippen LogP contribution in [0.15, 0.2) is 18.2 Å². The van der Waals surface area contributed by atoms with Gasteiger partial charge in [0, 0.05) is 12.5 Å². The lowest BCUT2D eigenvalue weighted by Gasteiger charge is -2.27. The second kappa shape index (κ2) is 8.73. The van der Waals surface area contributed by atoms with Gasteiger partial charge >= 0.3 is 12.7 Å². The van der Waals surface area contributed by atoms with E-state index in [2.05, 4.69) is 4.74 Å². The number of benzene rings is 1. The van der Waals surface area contributed by atoms with Gasteiger partial charge in [0.2, 0.25) is 0 Å². The summed E-state index contributed by atoms with van der Waals surface area (Å²) < 4.78 is 41.2.